The predicted molar refractivity (Wildman–Crippen MR) is 73.0 cm³/mol. The summed E-state index contributed by atoms with van der Waals surface area (Å²) in [4.78, 5) is 36.0. The van der Waals surface area contributed by atoms with Gasteiger partial charge in [0.05, 0.1) is 13.7 Å². The third kappa shape index (κ3) is 5.21. The van der Waals surface area contributed by atoms with Gasteiger partial charge in [-0.15, -0.1) is 0 Å². The van der Waals surface area contributed by atoms with Crippen molar-refractivity contribution >= 4 is 17.8 Å². The van der Waals surface area contributed by atoms with Crippen LogP contribution in [0.1, 0.15) is 17.3 Å². The molecule has 6 nitrogen and oxygen atoms in total. The van der Waals surface area contributed by atoms with Crippen LogP contribution in [0.2, 0.25) is 0 Å². The van der Waals surface area contributed by atoms with E-state index in [4.69, 9.17) is 0 Å². The molecule has 114 valence electrons. The van der Waals surface area contributed by atoms with Crippen LogP contribution in [-0.2, 0) is 14.3 Å². The molecule has 0 atom stereocenters. The van der Waals surface area contributed by atoms with E-state index in [2.05, 4.69) is 10.1 Å². The molecule has 0 aliphatic rings. The summed E-state index contributed by atoms with van der Waals surface area (Å²) in [7, 11) is 1.23. The van der Waals surface area contributed by atoms with Crippen molar-refractivity contribution in [1.29, 1.82) is 0 Å². The Kier molecular flexibility index (Phi) is 6.32. The Morgan fingerprint density at radius 1 is 1.33 bits per heavy atom. The number of carbonyl (C=O) groups excluding carboxylic acids is 3. The standard InChI is InChI=1S/C14H17FN2O4/c1-3-17(9-13(19)21-2)12(18)8-16-14(20)10-5-4-6-11(15)7-10/h4-7H,3,8-9H2,1-2H3,(H,16,20). The maximum absolute atomic E-state index is 13.0. The Bertz CT molecular complexity index is 533. The van der Waals surface area contributed by atoms with Crippen LogP contribution in [0.4, 0.5) is 4.39 Å². The molecule has 0 aliphatic carbocycles. The first-order chi connectivity index (χ1) is 9.97. The lowest BCUT2D eigenvalue weighted by atomic mass is 10.2. The van der Waals surface area contributed by atoms with E-state index in [1.165, 1.54) is 30.2 Å². The molecule has 7 heteroatoms. The molecule has 1 rings (SSSR count). The average Bonchev–Trinajstić information content (AvgIpc) is 2.49. The van der Waals surface area contributed by atoms with E-state index < -0.39 is 23.6 Å². The highest BCUT2D eigenvalue weighted by molar-refractivity contribution is 5.96. The highest BCUT2D eigenvalue weighted by Gasteiger charge is 2.17. The number of amides is 2. The van der Waals surface area contributed by atoms with Crippen LogP contribution in [0, 0.1) is 5.82 Å². The number of nitrogens with zero attached hydrogens (tertiary/aromatic N) is 1. The molecule has 0 saturated carbocycles. The third-order valence-corrected chi connectivity index (χ3v) is 2.77. The highest BCUT2D eigenvalue weighted by Crippen LogP contribution is 2.03. The van der Waals surface area contributed by atoms with Gasteiger partial charge in [0.15, 0.2) is 0 Å². The minimum atomic E-state index is -0.558. The molecule has 0 bridgehead atoms. The van der Waals surface area contributed by atoms with Gasteiger partial charge in [-0.1, -0.05) is 6.07 Å². The SMILES string of the molecule is CCN(CC(=O)OC)C(=O)CNC(=O)c1cccc(F)c1. The average molecular weight is 296 g/mol. The van der Waals surface area contributed by atoms with Crippen LogP contribution in [-0.4, -0.2) is 49.4 Å². The normalized spacial score (nSPS) is 9.86. The van der Waals surface area contributed by atoms with Gasteiger partial charge in [0.1, 0.15) is 12.4 Å². The first-order valence-electron chi connectivity index (χ1n) is 6.36. The maximum Gasteiger partial charge on any atom is 0.325 e. The van der Waals surface area contributed by atoms with E-state index in [0.29, 0.717) is 6.54 Å². The number of methoxy groups -OCH3 is 1. The molecule has 2 amide bonds. The van der Waals surface area contributed by atoms with E-state index >= 15 is 0 Å². The summed E-state index contributed by atoms with van der Waals surface area (Å²) >= 11 is 0. The number of hydrogen-bond acceptors (Lipinski definition) is 4. The third-order valence-electron chi connectivity index (χ3n) is 2.77. The molecular formula is C14H17FN2O4. The van der Waals surface area contributed by atoms with Crippen LogP contribution in [0.5, 0.6) is 0 Å². The predicted octanol–water partition coefficient (Wildman–Crippen LogP) is 0.577. The Hall–Kier alpha value is -2.44. The number of likely N-dealkylation sites (N-methyl/N-ethyl adjacent to an activating group) is 1. The number of hydrogen-bond donors (Lipinski definition) is 1. The first kappa shape index (κ1) is 16.6. The Morgan fingerprint density at radius 3 is 2.62 bits per heavy atom. The van der Waals surface area contributed by atoms with Gasteiger partial charge < -0.3 is 15.0 Å². The number of carbonyl (C=O) groups is 3. The maximum atomic E-state index is 13.0. The van der Waals surface area contributed by atoms with Gasteiger partial charge in [0, 0.05) is 12.1 Å². The van der Waals surface area contributed by atoms with Crippen molar-refractivity contribution in [3.8, 4) is 0 Å². The van der Waals surface area contributed by atoms with Crippen molar-refractivity contribution in [2.45, 2.75) is 6.92 Å². The molecular weight excluding hydrogens is 279 g/mol. The summed E-state index contributed by atoms with van der Waals surface area (Å²) in [5.41, 5.74) is 0.124. The monoisotopic (exact) mass is 296 g/mol. The Balaban J connectivity index is 2.55. The molecule has 0 saturated heterocycles. The quantitative estimate of drug-likeness (QED) is 0.779. The van der Waals surface area contributed by atoms with Gasteiger partial charge >= 0.3 is 5.97 Å². The van der Waals surface area contributed by atoms with Gasteiger partial charge in [-0.2, -0.15) is 0 Å². The number of esters is 1. The molecule has 21 heavy (non-hydrogen) atoms. The second kappa shape index (κ2) is 7.98. The van der Waals surface area contributed by atoms with Gasteiger partial charge in [0.25, 0.3) is 5.91 Å². The smallest absolute Gasteiger partial charge is 0.325 e. The molecule has 1 aromatic carbocycles. The minimum Gasteiger partial charge on any atom is -0.468 e. The molecule has 0 aromatic heterocycles. The van der Waals surface area contributed by atoms with Crippen LogP contribution >= 0.6 is 0 Å². The molecule has 0 spiro atoms. The molecule has 0 heterocycles. The topological polar surface area (TPSA) is 75.7 Å². The fourth-order valence-corrected chi connectivity index (χ4v) is 1.60. The lowest BCUT2D eigenvalue weighted by molar-refractivity contribution is -0.146. The number of rotatable bonds is 6. The van der Waals surface area contributed by atoms with Crippen molar-refractivity contribution in [2.24, 2.45) is 0 Å². The summed E-state index contributed by atoms with van der Waals surface area (Å²) in [5, 5.41) is 2.38. The molecule has 0 radical (unpaired) electrons. The summed E-state index contributed by atoms with van der Waals surface area (Å²) < 4.78 is 17.5. The van der Waals surface area contributed by atoms with Gasteiger partial charge in [-0.3, -0.25) is 14.4 Å². The summed E-state index contributed by atoms with van der Waals surface area (Å²) in [6.07, 6.45) is 0. The summed E-state index contributed by atoms with van der Waals surface area (Å²) in [5.74, 6) is -2.05. The van der Waals surface area contributed by atoms with Crippen molar-refractivity contribution in [2.75, 3.05) is 26.7 Å². The molecule has 1 aromatic rings. The zero-order chi connectivity index (χ0) is 15.8. The van der Waals surface area contributed by atoms with Crippen LogP contribution in [0.25, 0.3) is 0 Å². The van der Waals surface area contributed by atoms with Crippen LogP contribution in [0.15, 0.2) is 24.3 Å². The van der Waals surface area contributed by atoms with E-state index in [0.717, 1.165) is 6.07 Å². The van der Waals surface area contributed by atoms with Crippen molar-refractivity contribution < 1.29 is 23.5 Å². The van der Waals surface area contributed by atoms with Crippen molar-refractivity contribution in [1.82, 2.24) is 10.2 Å². The number of nitrogens with one attached hydrogen (secondary N) is 1. The zero-order valence-electron chi connectivity index (χ0n) is 11.9. The van der Waals surface area contributed by atoms with E-state index in [1.807, 2.05) is 0 Å². The Labute approximate surface area is 121 Å². The van der Waals surface area contributed by atoms with E-state index in [9.17, 15) is 18.8 Å². The van der Waals surface area contributed by atoms with Gasteiger partial charge in [-0.25, -0.2) is 4.39 Å². The first-order valence-corrected chi connectivity index (χ1v) is 6.36. The fraction of sp³-hybridized carbons (Fsp3) is 0.357. The van der Waals surface area contributed by atoms with Gasteiger partial charge in [-0.05, 0) is 25.1 Å². The second-order valence-corrected chi connectivity index (χ2v) is 4.18. The lowest BCUT2D eigenvalue weighted by Gasteiger charge is -2.19. The highest BCUT2D eigenvalue weighted by atomic mass is 19.1. The number of benzene rings is 1. The minimum absolute atomic E-state index is 0.124. The second-order valence-electron chi connectivity index (χ2n) is 4.18. The Morgan fingerprint density at radius 2 is 2.05 bits per heavy atom. The number of ether oxygens (including phenoxy) is 1. The molecule has 0 aliphatic heterocycles. The largest absolute Gasteiger partial charge is 0.468 e. The summed E-state index contributed by atoms with van der Waals surface area (Å²) in [6, 6.07) is 5.14. The van der Waals surface area contributed by atoms with Crippen LogP contribution < -0.4 is 5.32 Å². The van der Waals surface area contributed by atoms with Gasteiger partial charge in [0.2, 0.25) is 5.91 Å². The molecule has 0 unspecified atom stereocenters. The van der Waals surface area contributed by atoms with E-state index in [-0.39, 0.29) is 18.7 Å². The van der Waals surface area contributed by atoms with E-state index in [1.54, 1.807) is 6.92 Å². The van der Waals surface area contributed by atoms with Crippen molar-refractivity contribution in [3.63, 3.8) is 0 Å². The summed E-state index contributed by atoms with van der Waals surface area (Å²) in [6.45, 7) is 1.56. The molecule has 1 N–H and O–H groups in total. The number of halogens is 1. The van der Waals surface area contributed by atoms with Crippen LogP contribution in [0.3, 0.4) is 0 Å². The molecule has 0 fully saturated rings. The lowest BCUT2D eigenvalue weighted by Crippen LogP contribution is -2.42. The van der Waals surface area contributed by atoms with Crippen molar-refractivity contribution in [3.05, 3.63) is 35.6 Å². The fourth-order valence-electron chi connectivity index (χ4n) is 1.60. The zero-order valence-corrected chi connectivity index (χ0v) is 11.9.